The van der Waals surface area contributed by atoms with E-state index in [4.69, 9.17) is 0 Å². The molecule has 86 valence electrons. The molecule has 0 aromatic heterocycles. The van der Waals surface area contributed by atoms with Crippen LogP contribution in [0.5, 0.6) is 0 Å². The molecule has 0 spiro atoms. The molecule has 1 aromatic rings. The van der Waals surface area contributed by atoms with Crippen molar-refractivity contribution < 1.29 is 23.1 Å². The molecule has 0 bridgehead atoms. The Hall–Kier alpha value is -1.98. The lowest BCUT2D eigenvalue weighted by atomic mass is 10.2. The van der Waals surface area contributed by atoms with Crippen LogP contribution >= 0.6 is 0 Å². The minimum atomic E-state index is -3.10. The Morgan fingerprint density at radius 1 is 1.38 bits per heavy atom. The van der Waals surface area contributed by atoms with Crippen LogP contribution in [0.25, 0.3) is 0 Å². The first-order valence-electron chi connectivity index (χ1n) is 4.32. The van der Waals surface area contributed by atoms with Crippen molar-refractivity contribution in [2.45, 2.75) is 6.43 Å². The van der Waals surface area contributed by atoms with Gasteiger partial charge in [-0.05, 0) is 18.2 Å². The molecule has 1 amide bonds. The van der Waals surface area contributed by atoms with E-state index in [9.17, 15) is 18.4 Å². The highest BCUT2D eigenvalue weighted by Gasteiger charge is 2.15. The fourth-order valence-corrected chi connectivity index (χ4v) is 1.04. The minimum Gasteiger partial charge on any atom is -0.465 e. The predicted octanol–water partition coefficient (Wildman–Crippen LogP) is 1.68. The van der Waals surface area contributed by atoms with Crippen molar-refractivity contribution in [3.8, 4) is 0 Å². The number of hydrogen-bond acceptors (Lipinski definition) is 3. The first-order valence-corrected chi connectivity index (χ1v) is 4.32. The first-order chi connectivity index (χ1) is 7.54. The molecule has 1 rings (SSSR count). The number of alkyl halides is 2. The van der Waals surface area contributed by atoms with Gasteiger partial charge in [-0.3, -0.25) is 4.79 Å². The Bertz CT molecular complexity index is 407. The fourth-order valence-electron chi connectivity index (χ4n) is 1.04. The second-order valence-electron chi connectivity index (χ2n) is 2.86. The van der Waals surface area contributed by atoms with Crippen LogP contribution < -0.4 is 5.32 Å². The molecule has 0 radical (unpaired) electrons. The summed E-state index contributed by atoms with van der Waals surface area (Å²) in [7, 11) is 1.20. The zero-order chi connectivity index (χ0) is 12.1. The quantitative estimate of drug-likeness (QED) is 0.802. The molecule has 16 heavy (non-hydrogen) atoms. The Labute approximate surface area is 90.2 Å². The number of hydrogen-bond donors (Lipinski definition) is 1. The summed E-state index contributed by atoms with van der Waals surface area (Å²) < 4.78 is 28.3. The van der Waals surface area contributed by atoms with Crippen LogP contribution in [-0.2, 0) is 9.53 Å². The maximum absolute atomic E-state index is 11.9. The Kier molecular flexibility index (Phi) is 3.93. The minimum absolute atomic E-state index is 0.119. The normalized spacial score (nSPS) is 10.0. The van der Waals surface area contributed by atoms with Crippen LogP contribution in [0.15, 0.2) is 24.3 Å². The van der Waals surface area contributed by atoms with Gasteiger partial charge in [-0.15, -0.1) is 0 Å². The highest BCUT2D eigenvalue weighted by Crippen LogP contribution is 2.12. The highest BCUT2D eigenvalue weighted by molar-refractivity contribution is 5.95. The van der Waals surface area contributed by atoms with E-state index in [1.165, 1.54) is 31.4 Å². The van der Waals surface area contributed by atoms with Crippen LogP contribution in [-0.4, -0.2) is 25.4 Å². The summed E-state index contributed by atoms with van der Waals surface area (Å²) in [6.45, 7) is 0. The Balaban J connectivity index is 2.83. The number of carbonyl (C=O) groups excluding carboxylic acids is 2. The van der Waals surface area contributed by atoms with Crippen molar-refractivity contribution in [1.82, 2.24) is 0 Å². The molecule has 0 fully saturated rings. The van der Waals surface area contributed by atoms with Crippen molar-refractivity contribution in [2.75, 3.05) is 12.4 Å². The lowest BCUT2D eigenvalue weighted by molar-refractivity contribution is -0.126. The molecule has 0 aliphatic rings. The molecule has 0 heterocycles. The number of methoxy groups -OCH3 is 1. The van der Waals surface area contributed by atoms with E-state index in [0.29, 0.717) is 0 Å². The average Bonchev–Trinajstić information content (AvgIpc) is 2.28. The van der Waals surface area contributed by atoms with Gasteiger partial charge < -0.3 is 10.1 Å². The van der Waals surface area contributed by atoms with Crippen LogP contribution in [0.3, 0.4) is 0 Å². The highest BCUT2D eigenvalue weighted by atomic mass is 19.3. The first kappa shape index (κ1) is 12.1. The smallest absolute Gasteiger partial charge is 0.337 e. The molecule has 6 heteroatoms. The van der Waals surface area contributed by atoms with E-state index in [1.807, 2.05) is 5.32 Å². The Morgan fingerprint density at radius 2 is 2.06 bits per heavy atom. The molecular weight excluding hydrogens is 220 g/mol. The molecule has 4 nitrogen and oxygen atoms in total. The number of rotatable bonds is 3. The number of ether oxygens (including phenoxy) is 1. The molecule has 0 unspecified atom stereocenters. The van der Waals surface area contributed by atoms with Gasteiger partial charge in [0.2, 0.25) is 0 Å². The lowest BCUT2D eigenvalue weighted by Crippen LogP contribution is -2.20. The molecule has 0 atom stereocenters. The number of benzene rings is 1. The van der Waals surface area contributed by atoms with Crippen LogP contribution in [0.4, 0.5) is 14.5 Å². The molecule has 0 aliphatic carbocycles. The van der Waals surface area contributed by atoms with Crippen molar-refractivity contribution in [3.63, 3.8) is 0 Å². The average molecular weight is 229 g/mol. The van der Waals surface area contributed by atoms with E-state index in [-0.39, 0.29) is 11.3 Å². The number of anilines is 1. The number of esters is 1. The fraction of sp³-hybridized carbons (Fsp3) is 0.200. The topological polar surface area (TPSA) is 55.4 Å². The maximum Gasteiger partial charge on any atom is 0.337 e. The van der Waals surface area contributed by atoms with E-state index in [1.54, 1.807) is 0 Å². The largest absolute Gasteiger partial charge is 0.465 e. The van der Waals surface area contributed by atoms with Crippen molar-refractivity contribution in [2.24, 2.45) is 0 Å². The van der Waals surface area contributed by atoms with Crippen LogP contribution in [0, 0.1) is 0 Å². The molecular formula is C10H9F2NO3. The van der Waals surface area contributed by atoms with E-state index < -0.39 is 18.3 Å². The summed E-state index contributed by atoms with van der Waals surface area (Å²) in [6, 6.07) is 5.55. The van der Waals surface area contributed by atoms with E-state index in [2.05, 4.69) is 4.74 Å². The van der Waals surface area contributed by atoms with Crippen LogP contribution in [0.1, 0.15) is 10.4 Å². The molecule has 1 N–H and O–H groups in total. The second-order valence-corrected chi connectivity index (χ2v) is 2.86. The molecule has 1 aromatic carbocycles. The van der Waals surface area contributed by atoms with Gasteiger partial charge in [0.25, 0.3) is 5.91 Å². The zero-order valence-corrected chi connectivity index (χ0v) is 8.37. The third-order valence-electron chi connectivity index (χ3n) is 1.75. The Morgan fingerprint density at radius 3 is 2.62 bits per heavy atom. The van der Waals surface area contributed by atoms with Gasteiger partial charge in [0, 0.05) is 5.69 Å². The summed E-state index contributed by atoms with van der Waals surface area (Å²) in [6.07, 6.45) is -3.10. The van der Waals surface area contributed by atoms with Gasteiger partial charge in [0.05, 0.1) is 12.7 Å². The SMILES string of the molecule is COC(=O)c1cccc(NC(=O)C(F)F)c1. The number of carbonyl (C=O) groups is 2. The third kappa shape index (κ3) is 3.01. The van der Waals surface area contributed by atoms with Gasteiger partial charge >= 0.3 is 12.4 Å². The summed E-state index contributed by atoms with van der Waals surface area (Å²) in [4.78, 5) is 21.8. The zero-order valence-electron chi connectivity index (χ0n) is 8.37. The van der Waals surface area contributed by atoms with Crippen molar-refractivity contribution in [3.05, 3.63) is 29.8 Å². The van der Waals surface area contributed by atoms with Gasteiger partial charge in [0.15, 0.2) is 0 Å². The number of nitrogens with one attached hydrogen (secondary N) is 1. The van der Waals surface area contributed by atoms with Crippen molar-refractivity contribution in [1.29, 1.82) is 0 Å². The molecule has 0 saturated heterocycles. The van der Waals surface area contributed by atoms with E-state index in [0.717, 1.165) is 0 Å². The monoisotopic (exact) mass is 229 g/mol. The lowest BCUT2D eigenvalue weighted by Gasteiger charge is -2.05. The van der Waals surface area contributed by atoms with Gasteiger partial charge in [-0.1, -0.05) is 6.07 Å². The maximum atomic E-state index is 11.9. The summed E-state index contributed by atoms with van der Waals surface area (Å²) in [5.74, 6) is -2.02. The predicted molar refractivity (Wildman–Crippen MR) is 52.4 cm³/mol. The van der Waals surface area contributed by atoms with Crippen molar-refractivity contribution >= 4 is 17.6 Å². The standard InChI is InChI=1S/C10H9F2NO3/c1-16-10(15)6-3-2-4-7(5-6)13-9(14)8(11)12/h2-5,8H,1H3,(H,13,14). The van der Waals surface area contributed by atoms with Gasteiger partial charge in [-0.25, -0.2) is 4.79 Å². The van der Waals surface area contributed by atoms with Gasteiger partial charge in [0.1, 0.15) is 0 Å². The number of halogens is 2. The summed E-state index contributed by atoms with van der Waals surface area (Å²) in [5.41, 5.74) is 0.294. The molecule has 0 saturated carbocycles. The van der Waals surface area contributed by atoms with Crippen LogP contribution in [0.2, 0.25) is 0 Å². The third-order valence-corrected chi connectivity index (χ3v) is 1.75. The summed E-state index contributed by atoms with van der Waals surface area (Å²) in [5, 5.41) is 1.96. The summed E-state index contributed by atoms with van der Waals surface area (Å²) >= 11 is 0. The molecule has 0 aliphatic heterocycles. The van der Waals surface area contributed by atoms with E-state index >= 15 is 0 Å². The number of amides is 1. The second kappa shape index (κ2) is 5.20. The van der Waals surface area contributed by atoms with Gasteiger partial charge in [-0.2, -0.15) is 8.78 Å².